The zero-order valence-electron chi connectivity index (χ0n) is 13.9. The summed E-state index contributed by atoms with van der Waals surface area (Å²) in [5.41, 5.74) is 0.999. The number of rotatable bonds is 7. The Hall–Kier alpha value is -1.87. The van der Waals surface area contributed by atoms with Crippen LogP contribution < -0.4 is 4.72 Å². The zero-order valence-corrected chi connectivity index (χ0v) is 16.3. The van der Waals surface area contributed by atoms with Crippen LogP contribution in [0, 0.1) is 0 Å². The second kappa shape index (κ2) is 8.22. The van der Waals surface area contributed by atoms with Crippen molar-refractivity contribution in [2.24, 2.45) is 7.05 Å². The van der Waals surface area contributed by atoms with Gasteiger partial charge in [-0.3, -0.25) is 0 Å². The van der Waals surface area contributed by atoms with Gasteiger partial charge < -0.3 is 4.57 Å². The number of hydrogen-bond donors (Lipinski definition) is 1. The van der Waals surface area contributed by atoms with Gasteiger partial charge in [0.1, 0.15) is 6.33 Å². The van der Waals surface area contributed by atoms with Crippen LogP contribution in [-0.2, 0) is 17.1 Å². The third-order valence-electron chi connectivity index (χ3n) is 3.67. The molecule has 0 fully saturated rings. The number of halogens is 1. The van der Waals surface area contributed by atoms with Crippen molar-refractivity contribution in [2.45, 2.75) is 15.3 Å². The molecule has 0 saturated carbocycles. The first-order valence-electron chi connectivity index (χ1n) is 7.76. The van der Waals surface area contributed by atoms with Crippen molar-refractivity contribution >= 4 is 33.4 Å². The summed E-state index contributed by atoms with van der Waals surface area (Å²) in [5.74, 6) is 0. The van der Waals surface area contributed by atoms with Crippen molar-refractivity contribution in [1.29, 1.82) is 0 Å². The van der Waals surface area contributed by atoms with Gasteiger partial charge >= 0.3 is 0 Å². The molecule has 6 nitrogen and oxygen atoms in total. The van der Waals surface area contributed by atoms with Crippen LogP contribution in [0.15, 0.2) is 71.0 Å². The fraction of sp³-hybridized carbons (Fsp3) is 0.176. The molecular formula is C17H17ClN4O2S2. The molecule has 136 valence electrons. The molecule has 0 bridgehead atoms. The van der Waals surface area contributed by atoms with E-state index in [4.69, 9.17) is 11.6 Å². The van der Waals surface area contributed by atoms with Gasteiger partial charge in [0.05, 0.1) is 10.1 Å². The SMILES string of the molecule is Cn1cnnc1SC(CNS(=O)(=O)c1ccc(Cl)cc1)c1ccccc1. The second-order valence-electron chi connectivity index (χ2n) is 5.55. The van der Waals surface area contributed by atoms with E-state index in [1.165, 1.54) is 23.9 Å². The van der Waals surface area contributed by atoms with Crippen molar-refractivity contribution in [1.82, 2.24) is 19.5 Å². The van der Waals surface area contributed by atoms with E-state index in [1.807, 2.05) is 37.4 Å². The number of nitrogens with zero attached hydrogens (tertiary/aromatic N) is 3. The van der Waals surface area contributed by atoms with E-state index in [0.717, 1.165) is 5.56 Å². The van der Waals surface area contributed by atoms with Crippen LogP contribution >= 0.6 is 23.4 Å². The smallest absolute Gasteiger partial charge is 0.240 e. The summed E-state index contributed by atoms with van der Waals surface area (Å²) in [6, 6.07) is 15.8. The quantitative estimate of drug-likeness (QED) is 0.607. The molecule has 1 N–H and O–H groups in total. The van der Waals surface area contributed by atoms with Crippen LogP contribution in [0.2, 0.25) is 5.02 Å². The van der Waals surface area contributed by atoms with E-state index in [0.29, 0.717) is 10.2 Å². The lowest BCUT2D eigenvalue weighted by Gasteiger charge is -2.17. The lowest BCUT2D eigenvalue weighted by molar-refractivity contribution is 0.581. The lowest BCUT2D eigenvalue weighted by Crippen LogP contribution is -2.27. The Labute approximate surface area is 161 Å². The van der Waals surface area contributed by atoms with Crippen molar-refractivity contribution in [2.75, 3.05) is 6.54 Å². The molecule has 9 heteroatoms. The van der Waals surface area contributed by atoms with Crippen LogP contribution in [0.5, 0.6) is 0 Å². The summed E-state index contributed by atoms with van der Waals surface area (Å²) in [5, 5.41) is 9.00. The van der Waals surface area contributed by atoms with Crippen molar-refractivity contribution in [3.8, 4) is 0 Å². The van der Waals surface area contributed by atoms with E-state index < -0.39 is 10.0 Å². The Morgan fingerprint density at radius 1 is 1.15 bits per heavy atom. The topological polar surface area (TPSA) is 76.9 Å². The number of sulfonamides is 1. The minimum atomic E-state index is -3.63. The standard InChI is InChI=1S/C17H17ClN4O2S2/c1-22-12-19-21-17(22)25-16(13-5-3-2-4-6-13)11-20-26(23,24)15-9-7-14(18)8-10-15/h2-10,12,16,20H,11H2,1H3. The molecule has 0 aliphatic rings. The molecule has 1 aromatic heterocycles. The van der Waals surface area contributed by atoms with E-state index >= 15 is 0 Å². The van der Waals surface area contributed by atoms with Crippen LogP contribution in [0.1, 0.15) is 10.8 Å². The number of nitrogens with one attached hydrogen (secondary N) is 1. The molecule has 1 atom stereocenters. The van der Waals surface area contributed by atoms with Gasteiger partial charge in [-0.15, -0.1) is 10.2 Å². The van der Waals surface area contributed by atoms with Crippen LogP contribution in [-0.4, -0.2) is 29.7 Å². The molecule has 2 aromatic carbocycles. The molecule has 1 unspecified atom stereocenters. The summed E-state index contributed by atoms with van der Waals surface area (Å²) in [6.45, 7) is 0.215. The third-order valence-corrected chi connectivity index (χ3v) is 6.67. The highest BCUT2D eigenvalue weighted by molar-refractivity contribution is 7.99. The minimum Gasteiger partial charge on any atom is -0.312 e. The first kappa shape index (κ1) is 18.9. The number of hydrogen-bond acceptors (Lipinski definition) is 5. The molecule has 0 amide bonds. The predicted molar refractivity (Wildman–Crippen MR) is 103 cm³/mol. The second-order valence-corrected chi connectivity index (χ2v) is 8.92. The molecule has 0 aliphatic heterocycles. The molecule has 1 heterocycles. The highest BCUT2D eigenvalue weighted by Gasteiger charge is 2.20. The third kappa shape index (κ3) is 4.64. The molecule has 0 aliphatic carbocycles. The van der Waals surface area contributed by atoms with Gasteiger partial charge in [-0.1, -0.05) is 53.7 Å². The fourth-order valence-corrected chi connectivity index (χ4v) is 4.58. The highest BCUT2D eigenvalue weighted by Crippen LogP contribution is 2.33. The molecule has 3 aromatic rings. The Morgan fingerprint density at radius 3 is 2.46 bits per heavy atom. The fourth-order valence-electron chi connectivity index (χ4n) is 2.28. The molecule has 0 spiro atoms. The average molecular weight is 409 g/mol. The van der Waals surface area contributed by atoms with Gasteiger partial charge in [0.2, 0.25) is 10.0 Å². The van der Waals surface area contributed by atoms with Crippen molar-refractivity contribution in [3.05, 3.63) is 71.5 Å². The minimum absolute atomic E-state index is 0.152. The normalized spacial score (nSPS) is 12.8. The van der Waals surface area contributed by atoms with Gasteiger partial charge in [0.25, 0.3) is 0 Å². The van der Waals surface area contributed by atoms with Crippen LogP contribution in [0.3, 0.4) is 0 Å². The van der Waals surface area contributed by atoms with Crippen LogP contribution in [0.4, 0.5) is 0 Å². The molecule has 3 rings (SSSR count). The van der Waals surface area contributed by atoms with Gasteiger partial charge in [0.15, 0.2) is 5.16 Å². The molecule has 0 radical (unpaired) electrons. The van der Waals surface area contributed by atoms with E-state index in [1.54, 1.807) is 23.0 Å². The summed E-state index contributed by atoms with van der Waals surface area (Å²) in [4.78, 5) is 0.178. The van der Waals surface area contributed by atoms with Gasteiger partial charge in [0, 0.05) is 18.6 Å². The Kier molecular flexibility index (Phi) is 5.98. The molecule has 26 heavy (non-hydrogen) atoms. The van der Waals surface area contributed by atoms with Crippen LogP contribution in [0.25, 0.3) is 0 Å². The van der Waals surface area contributed by atoms with Gasteiger partial charge in [-0.2, -0.15) is 0 Å². The maximum absolute atomic E-state index is 12.6. The zero-order chi connectivity index (χ0) is 18.6. The first-order chi connectivity index (χ1) is 12.5. The van der Waals surface area contributed by atoms with Crippen molar-refractivity contribution in [3.63, 3.8) is 0 Å². The first-order valence-corrected chi connectivity index (χ1v) is 10.5. The summed E-state index contributed by atoms with van der Waals surface area (Å²) < 4.78 is 29.6. The molecule has 0 saturated heterocycles. The number of aryl methyl sites for hydroxylation is 1. The maximum Gasteiger partial charge on any atom is 0.240 e. The Bertz CT molecular complexity index is 960. The summed E-state index contributed by atoms with van der Waals surface area (Å²) >= 11 is 7.28. The molecular weight excluding hydrogens is 392 g/mol. The summed E-state index contributed by atoms with van der Waals surface area (Å²) in [7, 11) is -1.78. The lowest BCUT2D eigenvalue weighted by atomic mass is 10.1. The number of aromatic nitrogens is 3. The number of thioether (sulfide) groups is 1. The number of benzene rings is 2. The monoisotopic (exact) mass is 408 g/mol. The Balaban J connectivity index is 1.79. The Morgan fingerprint density at radius 2 is 1.85 bits per heavy atom. The van der Waals surface area contributed by atoms with E-state index in [2.05, 4.69) is 14.9 Å². The van der Waals surface area contributed by atoms with Gasteiger partial charge in [-0.05, 0) is 29.8 Å². The van der Waals surface area contributed by atoms with Gasteiger partial charge in [-0.25, -0.2) is 13.1 Å². The van der Waals surface area contributed by atoms with E-state index in [9.17, 15) is 8.42 Å². The van der Waals surface area contributed by atoms with Crippen molar-refractivity contribution < 1.29 is 8.42 Å². The highest BCUT2D eigenvalue weighted by atomic mass is 35.5. The van der Waals surface area contributed by atoms with E-state index in [-0.39, 0.29) is 16.7 Å². The average Bonchev–Trinajstić information content (AvgIpc) is 3.04. The maximum atomic E-state index is 12.6. The summed E-state index contributed by atoms with van der Waals surface area (Å²) in [6.07, 6.45) is 1.61. The predicted octanol–water partition coefficient (Wildman–Crippen LogP) is 3.28. The largest absolute Gasteiger partial charge is 0.312 e.